The van der Waals surface area contributed by atoms with Crippen molar-refractivity contribution in [1.82, 2.24) is 0 Å². The summed E-state index contributed by atoms with van der Waals surface area (Å²) >= 11 is 0. The summed E-state index contributed by atoms with van der Waals surface area (Å²) in [5.74, 6) is -1.69. The number of Topliss-reactive ketones (excluding diaryl/α,β-unsaturated/α-hetero) is 1. The number of hydrogen-bond donors (Lipinski definition) is 4. The summed E-state index contributed by atoms with van der Waals surface area (Å²) in [7, 11) is -3.08. The molecule has 8 nitrogen and oxygen atoms in total. The van der Waals surface area contributed by atoms with Crippen molar-refractivity contribution in [2.75, 3.05) is 7.11 Å². The molecule has 0 bridgehead atoms. The number of carbonyl (C=O) groups is 1. The van der Waals surface area contributed by atoms with Crippen molar-refractivity contribution in [1.29, 1.82) is 0 Å². The van der Waals surface area contributed by atoms with Crippen LogP contribution >= 0.6 is 7.82 Å². The maximum atomic E-state index is 12.2. The van der Waals surface area contributed by atoms with Crippen molar-refractivity contribution in [3.8, 4) is 23.0 Å². The maximum absolute atomic E-state index is 12.2. The Bertz CT molecular complexity index is 792. The highest BCUT2D eigenvalue weighted by Crippen LogP contribution is 2.42. The van der Waals surface area contributed by atoms with Gasteiger partial charge in [0, 0.05) is 25.7 Å². The third kappa shape index (κ3) is 4.96. The van der Waals surface area contributed by atoms with Crippen molar-refractivity contribution in [3.63, 3.8) is 0 Å². The first-order valence-electron chi connectivity index (χ1n) is 7.17. The van der Waals surface area contributed by atoms with Crippen LogP contribution in [-0.2, 0) is 15.5 Å². The summed E-state index contributed by atoms with van der Waals surface area (Å²) in [5.41, 5.74) is 0.489. The molecule has 134 valence electrons. The van der Waals surface area contributed by atoms with E-state index in [2.05, 4.69) is 4.52 Å². The first kappa shape index (κ1) is 18.8. The predicted octanol–water partition coefficient (Wildman–Crippen LogP) is 2.74. The lowest BCUT2D eigenvalue weighted by Crippen LogP contribution is -2.02. The molecule has 0 heterocycles. The van der Waals surface area contributed by atoms with Crippen LogP contribution in [0.4, 0.5) is 0 Å². The van der Waals surface area contributed by atoms with Crippen molar-refractivity contribution < 1.29 is 38.6 Å². The van der Waals surface area contributed by atoms with Gasteiger partial charge >= 0.3 is 7.82 Å². The number of hydrogen-bond acceptors (Lipinski definition) is 7. The van der Waals surface area contributed by atoms with Gasteiger partial charge < -0.3 is 19.8 Å². The molecule has 25 heavy (non-hydrogen) atoms. The van der Waals surface area contributed by atoms with Crippen LogP contribution in [0.15, 0.2) is 36.4 Å². The van der Waals surface area contributed by atoms with Crippen molar-refractivity contribution >= 4 is 13.6 Å². The molecule has 2 aromatic rings. The number of phenolic OH excluding ortho intramolecular Hbond substituents is 3. The van der Waals surface area contributed by atoms with Crippen LogP contribution < -0.4 is 4.52 Å². The first-order chi connectivity index (χ1) is 11.7. The van der Waals surface area contributed by atoms with Gasteiger partial charge in [0.1, 0.15) is 28.6 Å². The van der Waals surface area contributed by atoms with E-state index in [1.54, 1.807) is 12.1 Å². The minimum Gasteiger partial charge on any atom is -0.508 e. The highest BCUT2D eigenvalue weighted by Gasteiger charge is 2.20. The van der Waals surface area contributed by atoms with Crippen molar-refractivity contribution in [3.05, 3.63) is 47.5 Å². The average molecular weight is 368 g/mol. The summed E-state index contributed by atoms with van der Waals surface area (Å²) < 4.78 is 20.4. The molecule has 4 N–H and O–H groups in total. The standard InChI is InChI=1S/C16H17O8P/c1-23-25(21,22)24-12-5-2-10(3-6-12)4-7-13(18)16-14(19)8-11(17)9-15(16)20/h2-3,5-6,8-9,17,19-20H,4,7H2,1H3,(H,21,22). The normalized spacial score (nSPS) is 13.2. The summed E-state index contributed by atoms with van der Waals surface area (Å²) in [4.78, 5) is 21.4. The number of phosphoric acid groups is 1. The van der Waals surface area contributed by atoms with Gasteiger partial charge in [-0.25, -0.2) is 4.57 Å². The van der Waals surface area contributed by atoms with Gasteiger partial charge in [-0.3, -0.25) is 14.2 Å². The summed E-state index contributed by atoms with van der Waals surface area (Å²) in [6.07, 6.45) is 0.308. The fourth-order valence-corrected chi connectivity index (χ4v) is 2.62. The van der Waals surface area contributed by atoms with Crippen LogP contribution in [-0.4, -0.2) is 33.1 Å². The zero-order valence-electron chi connectivity index (χ0n) is 13.2. The molecule has 0 saturated carbocycles. The van der Waals surface area contributed by atoms with Crippen LogP contribution in [0, 0.1) is 0 Å². The number of aromatic hydroxyl groups is 3. The predicted molar refractivity (Wildman–Crippen MR) is 88.0 cm³/mol. The Morgan fingerprint density at radius 3 is 2.16 bits per heavy atom. The zero-order chi connectivity index (χ0) is 18.6. The number of carbonyl (C=O) groups excluding carboxylic acids is 1. The highest BCUT2D eigenvalue weighted by atomic mass is 31.2. The topological polar surface area (TPSA) is 134 Å². The Hall–Kier alpha value is -2.54. The van der Waals surface area contributed by atoms with E-state index in [1.807, 2.05) is 0 Å². The molecule has 0 aliphatic rings. The van der Waals surface area contributed by atoms with Gasteiger partial charge in [0.25, 0.3) is 0 Å². The molecule has 0 aliphatic heterocycles. The van der Waals surface area contributed by atoms with Crippen LogP contribution in [0.5, 0.6) is 23.0 Å². The second-order valence-corrected chi connectivity index (χ2v) is 6.65. The minimum absolute atomic E-state index is 0.00264. The van der Waals surface area contributed by atoms with Gasteiger partial charge in [0.15, 0.2) is 5.78 Å². The number of ketones is 1. The number of rotatable bonds is 7. The highest BCUT2D eigenvalue weighted by molar-refractivity contribution is 7.47. The lowest BCUT2D eigenvalue weighted by Gasteiger charge is -2.11. The van der Waals surface area contributed by atoms with E-state index in [-0.39, 0.29) is 23.5 Å². The Balaban J connectivity index is 2.02. The van der Waals surface area contributed by atoms with E-state index in [0.29, 0.717) is 6.42 Å². The Morgan fingerprint density at radius 1 is 1.08 bits per heavy atom. The SMILES string of the molecule is COP(=O)(O)Oc1ccc(CCC(=O)c2c(O)cc(O)cc2O)cc1. The smallest absolute Gasteiger partial charge is 0.508 e. The second kappa shape index (κ2) is 7.57. The van der Waals surface area contributed by atoms with E-state index in [9.17, 15) is 29.6 Å². The molecule has 0 amide bonds. The summed E-state index contributed by atoms with van der Waals surface area (Å²) in [5, 5.41) is 28.6. The number of phenols is 3. The van der Waals surface area contributed by atoms with E-state index >= 15 is 0 Å². The average Bonchev–Trinajstić information content (AvgIpc) is 2.53. The maximum Gasteiger partial charge on any atom is 0.527 e. The molecule has 0 spiro atoms. The molecule has 1 unspecified atom stereocenters. The van der Waals surface area contributed by atoms with Gasteiger partial charge in [0.2, 0.25) is 0 Å². The molecule has 2 rings (SSSR count). The Morgan fingerprint density at radius 2 is 1.64 bits per heavy atom. The third-order valence-corrected chi connectivity index (χ3v) is 4.28. The molecular formula is C16H17O8P. The summed E-state index contributed by atoms with van der Waals surface area (Å²) in [6.45, 7) is 0. The Labute approximate surface area is 143 Å². The van der Waals surface area contributed by atoms with E-state index < -0.39 is 25.1 Å². The van der Waals surface area contributed by atoms with Gasteiger partial charge in [0.05, 0.1) is 0 Å². The fraction of sp³-hybridized carbons (Fsp3) is 0.188. The lowest BCUT2D eigenvalue weighted by atomic mass is 10.0. The van der Waals surface area contributed by atoms with Gasteiger partial charge in [-0.1, -0.05) is 12.1 Å². The quantitative estimate of drug-likeness (QED) is 0.433. The molecular weight excluding hydrogens is 351 g/mol. The first-order valence-corrected chi connectivity index (χ1v) is 8.66. The molecule has 0 radical (unpaired) electrons. The van der Waals surface area contributed by atoms with E-state index in [0.717, 1.165) is 24.8 Å². The van der Waals surface area contributed by atoms with Gasteiger partial charge in [-0.05, 0) is 24.1 Å². The van der Waals surface area contributed by atoms with Crippen molar-refractivity contribution in [2.24, 2.45) is 0 Å². The van der Waals surface area contributed by atoms with Gasteiger partial charge in [-0.2, -0.15) is 0 Å². The minimum atomic E-state index is -4.13. The fourth-order valence-electron chi connectivity index (χ4n) is 2.15. The third-order valence-electron chi connectivity index (χ3n) is 3.38. The molecule has 2 aromatic carbocycles. The van der Waals surface area contributed by atoms with Crippen LogP contribution in [0.25, 0.3) is 0 Å². The van der Waals surface area contributed by atoms with Crippen LogP contribution in [0.3, 0.4) is 0 Å². The molecule has 9 heteroatoms. The molecule has 0 saturated heterocycles. The van der Waals surface area contributed by atoms with Crippen LogP contribution in [0.2, 0.25) is 0 Å². The second-order valence-electron chi connectivity index (χ2n) is 5.17. The largest absolute Gasteiger partial charge is 0.527 e. The van der Waals surface area contributed by atoms with E-state index in [1.165, 1.54) is 12.1 Å². The van der Waals surface area contributed by atoms with Gasteiger partial charge in [-0.15, -0.1) is 0 Å². The number of aryl methyl sites for hydroxylation is 1. The monoisotopic (exact) mass is 368 g/mol. The molecule has 1 atom stereocenters. The van der Waals surface area contributed by atoms with Crippen LogP contribution in [0.1, 0.15) is 22.3 Å². The molecule has 0 aliphatic carbocycles. The van der Waals surface area contributed by atoms with Crippen molar-refractivity contribution in [2.45, 2.75) is 12.8 Å². The number of phosphoric ester groups is 1. The molecule has 0 aromatic heterocycles. The van der Waals surface area contributed by atoms with E-state index in [4.69, 9.17) is 4.52 Å². The lowest BCUT2D eigenvalue weighted by molar-refractivity contribution is 0.0977. The molecule has 0 fully saturated rings. The summed E-state index contributed by atoms with van der Waals surface area (Å²) in [6, 6.07) is 8.07. The zero-order valence-corrected chi connectivity index (χ0v) is 14.1. The Kier molecular flexibility index (Phi) is 5.69. The number of benzene rings is 2.